The van der Waals surface area contributed by atoms with Crippen LogP contribution in [0.15, 0.2) is 23.5 Å². The van der Waals surface area contributed by atoms with Crippen LogP contribution >= 0.6 is 11.8 Å². The average Bonchev–Trinajstić information content (AvgIpc) is 2.81. The molecule has 23 heavy (non-hydrogen) atoms. The average molecular weight is 326 g/mol. The van der Waals surface area contributed by atoms with Crippen LogP contribution in [0.5, 0.6) is 0 Å². The fourth-order valence-electron chi connectivity index (χ4n) is 2.58. The number of nitrogens with zero attached hydrogens (tertiary/aromatic N) is 4. The summed E-state index contributed by atoms with van der Waals surface area (Å²) in [6.45, 7) is 7.40. The molecule has 0 saturated carbocycles. The predicted molar refractivity (Wildman–Crippen MR) is 91.2 cm³/mol. The molecule has 3 heterocycles. The molecule has 1 atom stereocenters. The maximum Gasteiger partial charge on any atom is 0.191 e. The fraction of sp³-hybridized carbons (Fsp3) is 0.375. The van der Waals surface area contributed by atoms with Crippen molar-refractivity contribution in [3.63, 3.8) is 0 Å². The van der Waals surface area contributed by atoms with Gasteiger partial charge in [0.05, 0.1) is 22.8 Å². The lowest BCUT2D eigenvalue weighted by Gasteiger charge is -2.18. The van der Waals surface area contributed by atoms with Gasteiger partial charge in [-0.15, -0.1) is 0 Å². The number of nitriles is 1. The number of hydrogen-bond acceptors (Lipinski definition) is 7. The van der Waals surface area contributed by atoms with E-state index in [1.807, 2.05) is 19.2 Å². The smallest absolute Gasteiger partial charge is 0.191 e. The lowest BCUT2D eigenvalue weighted by atomic mass is 9.87. The number of aromatic nitrogens is 3. The normalized spacial score (nSPS) is 16.3. The van der Waals surface area contributed by atoms with Crippen molar-refractivity contribution in [3.8, 4) is 6.07 Å². The third-order valence-corrected chi connectivity index (χ3v) is 4.90. The maximum atomic E-state index is 8.98. The Hall–Kier alpha value is -2.33. The van der Waals surface area contributed by atoms with Gasteiger partial charge < -0.3 is 11.1 Å². The Morgan fingerprint density at radius 3 is 2.91 bits per heavy atom. The summed E-state index contributed by atoms with van der Waals surface area (Å²) in [6, 6.07) is 5.61. The van der Waals surface area contributed by atoms with Crippen LogP contribution in [0, 0.1) is 11.3 Å². The van der Waals surface area contributed by atoms with Crippen LogP contribution in [-0.2, 0) is 5.41 Å². The number of nitrogens with one attached hydrogen (secondary N) is 1. The molecule has 7 heteroatoms. The maximum absolute atomic E-state index is 8.98. The number of pyridine rings is 1. The second kappa shape index (κ2) is 5.70. The summed E-state index contributed by atoms with van der Waals surface area (Å²) in [5.74, 6) is 0.304. The number of rotatable bonds is 3. The molecule has 0 fully saturated rings. The van der Waals surface area contributed by atoms with E-state index < -0.39 is 0 Å². The highest BCUT2D eigenvalue weighted by atomic mass is 32.2. The van der Waals surface area contributed by atoms with E-state index in [1.165, 1.54) is 23.4 Å². The number of anilines is 2. The SMILES string of the molecule is CC(Sc1nc(N)cc(C#N)n1)c1cc2c(cn1)NCC2(C)C. The highest BCUT2D eigenvalue weighted by Gasteiger charge is 2.30. The molecule has 0 aliphatic carbocycles. The second-order valence-electron chi connectivity index (χ2n) is 6.22. The van der Waals surface area contributed by atoms with Gasteiger partial charge in [0, 0.05) is 18.0 Å². The Bertz CT molecular complexity index is 796. The molecule has 1 aliphatic rings. The second-order valence-corrected chi connectivity index (χ2v) is 7.53. The zero-order chi connectivity index (χ0) is 16.6. The van der Waals surface area contributed by atoms with E-state index >= 15 is 0 Å². The van der Waals surface area contributed by atoms with Gasteiger partial charge >= 0.3 is 0 Å². The van der Waals surface area contributed by atoms with E-state index in [0.717, 1.165) is 17.9 Å². The molecule has 3 N–H and O–H groups in total. The Morgan fingerprint density at radius 2 is 2.17 bits per heavy atom. The molecule has 0 saturated heterocycles. The molecule has 6 nitrogen and oxygen atoms in total. The van der Waals surface area contributed by atoms with Gasteiger partial charge in [0.2, 0.25) is 0 Å². The summed E-state index contributed by atoms with van der Waals surface area (Å²) in [7, 11) is 0. The van der Waals surface area contributed by atoms with Crippen LogP contribution < -0.4 is 11.1 Å². The predicted octanol–water partition coefficient (Wildman–Crippen LogP) is 2.88. The van der Waals surface area contributed by atoms with Crippen molar-refractivity contribution < 1.29 is 0 Å². The molecule has 0 bridgehead atoms. The molecule has 1 aliphatic heterocycles. The Morgan fingerprint density at radius 1 is 1.39 bits per heavy atom. The summed E-state index contributed by atoms with van der Waals surface area (Å²) in [4.78, 5) is 12.9. The molecule has 0 spiro atoms. The first-order valence-electron chi connectivity index (χ1n) is 7.34. The molecule has 1 unspecified atom stereocenters. The van der Waals surface area contributed by atoms with Crippen molar-refractivity contribution in [2.75, 3.05) is 17.6 Å². The molecule has 0 aromatic carbocycles. The van der Waals surface area contributed by atoms with E-state index in [9.17, 15) is 0 Å². The van der Waals surface area contributed by atoms with Gasteiger partial charge in [0.1, 0.15) is 17.6 Å². The molecular formula is C16H18N6S. The summed E-state index contributed by atoms with van der Waals surface area (Å²) in [5.41, 5.74) is 9.44. The highest BCUT2D eigenvalue weighted by Crippen LogP contribution is 2.39. The van der Waals surface area contributed by atoms with E-state index in [2.05, 4.69) is 40.2 Å². The highest BCUT2D eigenvalue weighted by molar-refractivity contribution is 7.99. The molecular weight excluding hydrogens is 308 g/mol. The van der Waals surface area contributed by atoms with Crippen molar-refractivity contribution in [2.24, 2.45) is 0 Å². The molecule has 0 radical (unpaired) electrons. The van der Waals surface area contributed by atoms with Crippen LogP contribution in [0.1, 0.15) is 43.0 Å². The van der Waals surface area contributed by atoms with Gasteiger partial charge in [-0.3, -0.25) is 4.98 Å². The molecule has 3 rings (SSSR count). The van der Waals surface area contributed by atoms with Gasteiger partial charge in [-0.05, 0) is 18.6 Å². The summed E-state index contributed by atoms with van der Waals surface area (Å²) < 4.78 is 0. The van der Waals surface area contributed by atoms with Gasteiger partial charge in [-0.25, -0.2) is 9.97 Å². The first-order valence-corrected chi connectivity index (χ1v) is 8.22. The first-order chi connectivity index (χ1) is 10.9. The lowest BCUT2D eigenvalue weighted by Crippen LogP contribution is -2.19. The first kappa shape index (κ1) is 15.6. The zero-order valence-corrected chi connectivity index (χ0v) is 14.1. The zero-order valence-electron chi connectivity index (χ0n) is 13.3. The number of nitrogen functional groups attached to an aromatic ring is 1. The van der Waals surface area contributed by atoms with Gasteiger partial charge in [-0.2, -0.15) is 5.26 Å². The lowest BCUT2D eigenvalue weighted by molar-refractivity contribution is 0.585. The summed E-state index contributed by atoms with van der Waals surface area (Å²) in [5, 5.41) is 12.9. The number of hydrogen-bond donors (Lipinski definition) is 2. The topological polar surface area (TPSA) is 101 Å². The minimum Gasteiger partial charge on any atom is -0.384 e. The standard InChI is InChI=1S/C16H18N6S/c1-9(23-15-21-10(6-17)4-14(18)22-15)12-5-11-13(7-19-12)20-8-16(11,2)3/h4-5,7,9,20H,8H2,1-3H3,(H2,18,21,22). The van der Waals surface area contributed by atoms with E-state index in [-0.39, 0.29) is 16.4 Å². The monoisotopic (exact) mass is 326 g/mol. The van der Waals surface area contributed by atoms with E-state index in [4.69, 9.17) is 11.0 Å². The van der Waals surface area contributed by atoms with E-state index in [1.54, 1.807) is 0 Å². The van der Waals surface area contributed by atoms with Crippen molar-refractivity contribution >= 4 is 23.3 Å². The Balaban J connectivity index is 1.86. The van der Waals surface area contributed by atoms with Gasteiger partial charge in [0.15, 0.2) is 5.16 Å². The number of thioether (sulfide) groups is 1. The van der Waals surface area contributed by atoms with Crippen LogP contribution in [0.3, 0.4) is 0 Å². The number of nitrogens with two attached hydrogens (primary N) is 1. The number of fused-ring (bicyclic) bond motifs is 1. The summed E-state index contributed by atoms with van der Waals surface area (Å²) >= 11 is 1.45. The fourth-order valence-corrected chi connectivity index (χ4v) is 3.45. The van der Waals surface area contributed by atoms with Crippen LogP contribution in [0.4, 0.5) is 11.5 Å². The van der Waals surface area contributed by atoms with Crippen molar-refractivity contribution in [2.45, 2.75) is 36.6 Å². The Labute approximate surface area is 139 Å². The van der Waals surface area contributed by atoms with Crippen molar-refractivity contribution in [1.29, 1.82) is 5.26 Å². The van der Waals surface area contributed by atoms with Gasteiger partial charge in [-0.1, -0.05) is 25.6 Å². The van der Waals surface area contributed by atoms with Crippen molar-refractivity contribution in [3.05, 3.63) is 35.3 Å². The minimum atomic E-state index is 0.0602. The molecule has 118 valence electrons. The quantitative estimate of drug-likeness (QED) is 0.660. The van der Waals surface area contributed by atoms with Crippen molar-refractivity contribution in [1.82, 2.24) is 15.0 Å². The van der Waals surface area contributed by atoms with Gasteiger partial charge in [0.25, 0.3) is 0 Å². The van der Waals surface area contributed by atoms with Crippen LogP contribution in [0.2, 0.25) is 0 Å². The molecule has 2 aromatic heterocycles. The van der Waals surface area contributed by atoms with Crippen LogP contribution in [-0.4, -0.2) is 21.5 Å². The van der Waals surface area contributed by atoms with Crippen LogP contribution in [0.25, 0.3) is 0 Å². The molecule has 2 aromatic rings. The van der Waals surface area contributed by atoms with E-state index in [0.29, 0.717) is 11.0 Å². The third-order valence-electron chi connectivity index (χ3n) is 3.91. The molecule has 0 amide bonds. The largest absolute Gasteiger partial charge is 0.384 e. The summed E-state index contributed by atoms with van der Waals surface area (Å²) in [6.07, 6.45) is 1.89. The minimum absolute atomic E-state index is 0.0602. The third kappa shape index (κ3) is 3.08. The Kier molecular flexibility index (Phi) is 3.86.